The molecule has 1 aliphatic rings. The Morgan fingerprint density at radius 3 is 2.95 bits per heavy atom. The maximum atomic E-state index is 13.7. The molecule has 3 rings (SSSR count). The van der Waals surface area contributed by atoms with E-state index in [-0.39, 0.29) is 17.8 Å². The van der Waals surface area contributed by atoms with Crippen molar-refractivity contribution in [2.24, 2.45) is 0 Å². The van der Waals surface area contributed by atoms with Gasteiger partial charge in [0.2, 0.25) is 5.91 Å². The zero-order valence-electron chi connectivity index (χ0n) is 9.87. The van der Waals surface area contributed by atoms with Gasteiger partial charge in [0.25, 0.3) is 0 Å². The Kier molecular flexibility index (Phi) is 3.34. The summed E-state index contributed by atoms with van der Waals surface area (Å²) in [5.74, 6) is -0.195. The number of hydrogen-bond acceptors (Lipinski definition) is 2. The van der Waals surface area contributed by atoms with Crippen LogP contribution in [0.1, 0.15) is 18.9 Å². The molecule has 1 amide bonds. The van der Waals surface area contributed by atoms with Gasteiger partial charge in [0.15, 0.2) is 4.77 Å². The van der Waals surface area contributed by atoms with Gasteiger partial charge in [0, 0.05) is 19.0 Å². The lowest BCUT2D eigenvalue weighted by Crippen LogP contribution is -2.36. The van der Waals surface area contributed by atoms with Crippen molar-refractivity contribution in [3.05, 3.63) is 26.3 Å². The summed E-state index contributed by atoms with van der Waals surface area (Å²) in [4.78, 5) is 14.3. The normalized spacial score (nSPS) is 19.7. The Morgan fingerprint density at radius 1 is 1.47 bits per heavy atom. The van der Waals surface area contributed by atoms with Crippen LogP contribution in [0, 0.1) is 14.2 Å². The third-order valence-electron chi connectivity index (χ3n) is 3.36. The van der Waals surface area contributed by atoms with E-state index in [4.69, 9.17) is 12.2 Å². The molecule has 7 heteroatoms. The Hall–Kier alpha value is -0.960. The Bertz CT molecular complexity index is 714. The number of benzene rings is 1. The molecule has 2 heterocycles. The summed E-state index contributed by atoms with van der Waals surface area (Å²) in [6.07, 6.45) is 1.20. The molecule has 1 saturated heterocycles. The molecular formula is C12H11FIN3OS. The number of nitrogens with zero attached hydrogens (tertiary/aromatic N) is 1. The van der Waals surface area contributed by atoms with Gasteiger partial charge in [-0.1, -0.05) is 0 Å². The van der Waals surface area contributed by atoms with E-state index in [1.807, 2.05) is 27.2 Å². The molecule has 2 N–H and O–H groups in total. The third kappa shape index (κ3) is 2.29. The summed E-state index contributed by atoms with van der Waals surface area (Å²) in [5, 5.41) is 2.82. The van der Waals surface area contributed by atoms with Gasteiger partial charge in [0.05, 0.1) is 20.6 Å². The highest BCUT2D eigenvalue weighted by molar-refractivity contribution is 14.1. The topological polar surface area (TPSA) is 49.8 Å². The minimum atomic E-state index is -0.254. The van der Waals surface area contributed by atoms with Crippen LogP contribution in [0.2, 0.25) is 0 Å². The van der Waals surface area contributed by atoms with Gasteiger partial charge in [-0.15, -0.1) is 0 Å². The summed E-state index contributed by atoms with van der Waals surface area (Å²) < 4.78 is 16.8. The molecule has 0 radical (unpaired) electrons. The first-order chi connectivity index (χ1) is 9.06. The van der Waals surface area contributed by atoms with Crippen molar-refractivity contribution < 1.29 is 9.18 Å². The first-order valence-corrected chi connectivity index (χ1v) is 7.41. The molecule has 1 fully saturated rings. The fourth-order valence-electron chi connectivity index (χ4n) is 2.42. The van der Waals surface area contributed by atoms with Gasteiger partial charge < -0.3 is 14.9 Å². The zero-order valence-corrected chi connectivity index (χ0v) is 12.8. The molecule has 1 aromatic carbocycles. The minimum absolute atomic E-state index is 0.0586. The van der Waals surface area contributed by atoms with E-state index >= 15 is 0 Å². The monoisotopic (exact) mass is 391 g/mol. The van der Waals surface area contributed by atoms with Crippen molar-refractivity contribution in [1.82, 2.24) is 14.9 Å². The standard InChI is InChI=1S/C12H11FIN3OS/c13-7-3-10-9(4-8(7)14)16-12(19)17(10)6-1-2-11(18)15-5-6/h3-4,6H,1-2,5H2,(H,15,18)(H,16,19). The number of carbonyl (C=O) groups excluding carboxylic acids is 1. The molecule has 1 atom stereocenters. The van der Waals surface area contributed by atoms with E-state index < -0.39 is 0 Å². The van der Waals surface area contributed by atoms with E-state index in [0.717, 1.165) is 17.5 Å². The third-order valence-corrected chi connectivity index (χ3v) is 4.49. The van der Waals surface area contributed by atoms with Gasteiger partial charge in [-0.05, 0) is 47.3 Å². The van der Waals surface area contributed by atoms with Crippen LogP contribution >= 0.6 is 34.8 Å². The highest BCUT2D eigenvalue weighted by atomic mass is 127. The van der Waals surface area contributed by atoms with Crippen LogP contribution in [0.5, 0.6) is 0 Å². The summed E-state index contributed by atoms with van der Waals surface area (Å²) in [6.45, 7) is 0.535. The van der Waals surface area contributed by atoms with Crippen molar-refractivity contribution >= 4 is 51.7 Å². The van der Waals surface area contributed by atoms with Crippen LogP contribution < -0.4 is 5.32 Å². The summed E-state index contributed by atoms with van der Waals surface area (Å²) >= 11 is 7.27. The largest absolute Gasteiger partial charge is 0.354 e. The smallest absolute Gasteiger partial charge is 0.220 e. The number of imidazole rings is 1. The van der Waals surface area contributed by atoms with Crippen LogP contribution in [0.3, 0.4) is 0 Å². The van der Waals surface area contributed by atoms with Gasteiger partial charge >= 0.3 is 0 Å². The zero-order chi connectivity index (χ0) is 13.6. The molecule has 100 valence electrons. The second-order valence-electron chi connectivity index (χ2n) is 4.58. The molecule has 19 heavy (non-hydrogen) atoms. The minimum Gasteiger partial charge on any atom is -0.354 e. The number of piperidine rings is 1. The van der Waals surface area contributed by atoms with Crippen molar-refractivity contribution in [1.29, 1.82) is 0 Å². The fraction of sp³-hybridized carbons (Fsp3) is 0.333. The summed E-state index contributed by atoms with van der Waals surface area (Å²) in [7, 11) is 0. The Balaban J connectivity index is 2.12. The average Bonchev–Trinajstić information content (AvgIpc) is 2.67. The highest BCUT2D eigenvalue weighted by Crippen LogP contribution is 2.26. The van der Waals surface area contributed by atoms with Crippen molar-refractivity contribution in [2.75, 3.05) is 6.54 Å². The van der Waals surface area contributed by atoms with E-state index in [2.05, 4.69) is 10.3 Å². The molecular weight excluding hydrogens is 380 g/mol. The predicted molar refractivity (Wildman–Crippen MR) is 81.1 cm³/mol. The van der Waals surface area contributed by atoms with Gasteiger partial charge in [-0.25, -0.2) is 4.39 Å². The lowest BCUT2D eigenvalue weighted by Gasteiger charge is -2.24. The summed E-state index contributed by atoms with van der Waals surface area (Å²) in [6, 6.07) is 3.33. The van der Waals surface area contributed by atoms with E-state index in [9.17, 15) is 9.18 Å². The van der Waals surface area contributed by atoms with Crippen molar-refractivity contribution in [3.8, 4) is 0 Å². The second kappa shape index (κ2) is 4.86. The Morgan fingerprint density at radius 2 is 2.26 bits per heavy atom. The highest BCUT2D eigenvalue weighted by Gasteiger charge is 2.22. The maximum absolute atomic E-state index is 13.7. The molecule has 2 aromatic rings. The number of amides is 1. The van der Waals surface area contributed by atoms with Crippen LogP contribution in [0.4, 0.5) is 4.39 Å². The average molecular weight is 391 g/mol. The number of aromatic nitrogens is 2. The molecule has 1 unspecified atom stereocenters. The molecule has 0 saturated carbocycles. The predicted octanol–water partition coefficient (Wildman–Crippen LogP) is 2.89. The quantitative estimate of drug-likeness (QED) is 0.580. The van der Waals surface area contributed by atoms with Gasteiger partial charge in [-0.3, -0.25) is 4.79 Å². The van der Waals surface area contributed by atoms with Gasteiger partial charge in [-0.2, -0.15) is 0 Å². The van der Waals surface area contributed by atoms with Gasteiger partial charge in [0.1, 0.15) is 5.82 Å². The number of rotatable bonds is 1. The van der Waals surface area contributed by atoms with E-state index in [1.54, 1.807) is 6.07 Å². The van der Waals surface area contributed by atoms with Crippen molar-refractivity contribution in [2.45, 2.75) is 18.9 Å². The summed E-state index contributed by atoms with van der Waals surface area (Å²) in [5.41, 5.74) is 1.58. The second-order valence-corrected chi connectivity index (χ2v) is 6.13. The SMILES string of the molecule is O=C1CCC(n2c(=S)[nH]c3cc(I)c(F)cc32)CN1. The molecule has 4 nitrogen and oxygen atoms in total. The molecule has 0 spiro atoms. The Labute approximate surface area is 127 Å². The fourth-order valence-corrected chi connectivity index (χ4v) is 3.25. The van der Waals surface area contributed by atoms with Crippen molar-refractivity contribution in [3.63, 3.8) is 0 Å². The number of nitrogens with one attached hydrogen (secondary N) is 2. The number of halogens is 2. The van der Waals surface area contributed by atoms with E-state index in [1.165, 1.54) is 6.07 Å². The van der Waals surface area contributed by atoms with Crippen LogP contribution in [-0.4, -0.2) is 22.0 Å². The molecule has 0 bridgehead atoms. The lowest BCUT2D eigenvalue weighted by atomic mass is 10.1. The number of H-pyrrole nitrogens is 1. The number of hydrogen-bond donors (Lipinski definition) is 2. The lowest BCUT2D eigenvalue weighted by molar-refractivity contribution is -0.122. The molecule has 1 aliphatic heterocycles. The van der Waals surface area contributed by atoms with Crippen LogP contribution in [-0.2, 0) is 4.79 Å². The molecule has 0 aliphatic carbocycles. The number of fused-ring (bicyclic) bond motifs is 1. The first kappa shape index (κ1) is 13.0. The van der Waals surface area contributed by atoms with E-state index in [0.29, 0.717) is 21.3 Å². The van der Waals surface area contributed by atoms with Crippen LogP contribution in [0.15, 0.2) is 12.1 Å². The maximum Gasteiger partial charge on any atom is 0.220 e. The number of carbonyl (C=O) groups is 1. The number of aromatic amines is 1. The molecule has 1 aromatic heterocycles. The first-order valence-electron chi connectivity index (χ1n) is 5.92. The van der Waals surface area contributed by atoms with Crippen LogP contribution in [0.25, 0.3) is 11.0 Å².